The molecule has 5 heteroatoms. The topological polar surface area (TPSA) is 42.2 Å². The predicted octanol–water partition coefficient (Wildman–Crippen LogP) is 1.96. The molecule has 1 N–H and O–H groups in total. The van der Waals surface area contributed by atoms with Crippen LogP contribution in [-0.4, -0.2) is 32.1 Å². The van der Waals surface area contributed by atoms with Crippen LogP contribution in [0.1, 0.15) is 12.0 Å². The molecular weight excluding hydrogens is 220 g/mol. The monoisotopic (exact) mass is 234 g/mol. The summed E-state index contributed by atoms with van der Waals surface area (Å²) >= 11 is 1.99. The number of hydrogen-bond donors (Lipinski definition) is 1. The standard InChI is InChI=1S/C11H14N4S/c1-8-2-4-15-10(6-8)13-11(14-15)12-9-3-5-16-7-9/h2,4,6,9H,3,5,7H2,1H3,(H,12,14). The van der Waals surface area contributed by atoms with Crippen LogP contribution in [0.5, 0.6) is 0 Å². The van der Waals surface area contributed by atoms with Crippen LogP contribution in [0.2, 0.25) is 0 Å². The molecule has 2 aromatic rings. The number of hydrogen-bond acceptors (Lipinski definition) is 4. The second-order valence-electron chi connectivity index (χ2n) is 4.15. The molecule has 4 nitrogen and oxygen atoms in total. The van der Waals surface area contributed by atoms with Gasteiger partial charge in [-0.2, -0.15) is 16.7 Å². The first-order chi connectivity index (χ1) is 7.81. The number of aryl methyl sites for hydroxylation is 1. The van der Waals surface area contributed by atoms with E-state index < -0.39 is 0 Å². The lowest BCUT2D eigenvalue weighted by Crippen LogP contribution is -2.18. The Balaban J connectivity index is 1.86. The van der Waals surface area contributed by atoms with Crippen LogP contribution in [0.25, 0.3) is 5.65 Å². The Morgan fingerprint density at radius 3 is 3.31 bits per heavy atom. The highest BCUT2D eigenvalue weighted by molar-refractivity contribution is 7.99. The van der Waals surface area contributed by atoms with Gasteiger partial charge in [0, 0.05) is 18.0 Å². The maximum atomic E-state index is 4.47. The first-order valence-corrected chi connectivity index (χ1v) is 6.64. The molecule has 0 amide bonds. The third kappa shape index (κ3) is 1.87. The van der Waals surface area contributed by atoms with Crippen molar-refractivity contribution < 1.29 is 0 Å². The smallest absolute Gasteiger partial charge is 0.243 e. The van der Waals surface area contributed by atoms with Gasteiger partial charge >= 0.3 is 0 Å². The molecule has 1 aliphatic heterocycles. The molecule has 1 unspecified atom stereocenters. The fourth-order valence-corrected chi connectivity index (χ4v) is 3.03. The zero-order valence-corrected chi connectivity index (χ0v) is 10.00. The summed E-state index contributed by atoms with van der Waals surface area (Å²) in [7, 11) is 0. The average Bonchev–Trinajstić information content (AvgIpc) is 2.86. The maximum Gasteiger partial charge on any atom is 0.243 e. The molecule has 84 valence electrons. The third-order valence-corrected chi connectivity index (χ3v) is 3.92. The van der Waals surface area contributed by atoms with E-state index in [9.17, 15) is 0 Å². The van der Waals surface area contributed by atoms with E-state index in [0.29, 0.717) is 6.04 Å². The first kappa shape index (κ1) is 9.96. The lowest BCUT2D eigenvalue weighted by Gasteiger charge is -2.07. The van der Waals surface area contributed by atoms with Crippen molar-refractivity contribution in [2.45, 2.75) is 19.4 Å². The Morgan fingerprint density at radius 2 is 2.50 bits per heavy atom. The van der Waals surface area contributed by atoms with E-state index in [0.717, 1.165) is 17.3 Å². The lowest BCUT2D eigenvalue weighted by molar-refractivity contribution is 0.796. The van der Waals surface area contributed by atoms with E-state index in [4.69, 9.17) is 0 Å². The zero-order chi connectivity index (χ0) is 11.0. The minimum Gasteiger partial charge on any atom is -0.349 e. The summed E-state index contributed by atoms with van der Waals surface area (Å²) in [5.74, 6) is 3.15. The summed E-state index contributed by atoms with van der Waals surface area (Å²) in [4.78, 5) is 4.47. The largest absolute Gasteiger partial charge is 0.349 e. The molecule has 0 spiro atoms. The zero-order valence-electron chi connectivity index (χ0n) is 9.18. The second kappa shape index (κ2) is 3.97. The number of pyridine rings is 1. The number of rotatable bonds is 2. The van der Waals surface area contributed by atoms with E-state index in [-0.39, 0.29) is 0 Å². The van der Waals surface area contributed by atoms with Gasteiger partial charge in [0.05, 0.1) is 0 Å². The van der Waals surface area contributed by atoms with Gasteiger partial charge in [0.2, 0.25) is 5.95 Å². The molecule has 16 heavy (non-hydrogen) atoms. The predicted molar refractivity (Wildman–Crippen MR) is 67.1 cm³/mol. The molecule has 3 rings (SSSR count). The highest BCUT2D eigenvalue weighted by atomic mass is 32.2. The summed E-state index contributed by atoms with van der Waals surface area (Å²) in [6.45, 7) is 2.06. The van der Waals surface area contributed by atoms with E-state index in [2.05, 4.69) is 22.3 Å². The van der Waals surface area contributed by atoms with Crippen molar-refractivity contribution >= 4 is 23.4 Å². The van der Waals surface area contributed by atoms with Crippen LogP contribution in [0, 0.1) is 6.92 Å². The molecule has 0 aliphatic carbocycles. The van der Waals surface area contributed by atoms with Crippen molar-refractivity contribution in [3.8, 4) is 0 Å². The van der Waals surface area contributed by atoms with Crippen LogP contribution in [0.15, 0.2) is 18.3 Å². The van der Waals surface area contributed by atoms with Crippen LogP contribution < -0.4 is 5.32 Å². The molecule has 0 bridgehead atoms. The molecule has 2 aromatic heterocycles. The number of fused-ring (bicyclic) bond motifs is 1. The van der Waals surface area contributed by atoms with Crippen LogP contribution in [0.3, 0.4) is 0 Å². The Labute approximate surface area is 98.4 Å². The first-order valence-electron chi connectivity index (χ1n) is 5.48. The Kier molecular flexibility index (Phi) is 2.47. The summed E-state index contributed by atoms with van der Waals surface area (Å²) in [6, 6.07) is 4.61. The minimum absolute atomic E-state index is 0.531. The number of nitrogens with one attached hydrogen (secondary N) is 1. The van der Waals surface area contributed by atoms with Crippen LogP contribution >= 0.6 is 11.8 Å². The van der Waals surface area contributed by atoms with Crippen molar-refractivity contribution in [1.29, 1.82) is 0 Å². The fourth-order valence-electron chi connectivity index (χ4n) is 1.88. The summed E-state index contributed by atoms with van der Waals surface area (Å²) in [6.07, 6.45) is 3.16. The van der Waals surface area contributed by atoms with Gasteiger partial charge < -0.3 is 5.32 Å². The Morgan fingerprint density at radius 1 is 1.56 bits per heavy atom. The SMILES string of the molecule is Cc1ccn2nc(NC3CCSC3)nc2c1. The molecule has 3 heterocycles. The van der Waals surface area contributed by atoms with Gasteiger partial charge in [-0.1, -0.05) is 0 Å². The van der Waals surface area contributed by atoms with Gasteiger partial charge in [0.15, 0.2) is 5.65 Å². The van der Waals surface area contributed by atoms with E-state index >= 15 is 0 Å². The number of anilines is 1. The van der Waals surface area contributed by atoms with E-state index in [1.165, 1.54) is 17.7 Å². The average molecular weight is 234 g/mol. The van der Waals surface area contributed by atoms with Crippen molar-refractivity contribution in [1.82, 2.24) is 14.6 Å². The highest BCUT2D eigenvalue weighted by Crippen LogP contribution is 2.20. The molecule has 1 saturated heterocycles. The summed E-state index contributed by atoms with van der Waals surface area (Å²) < 4.78 is 1.82. The molecular formula is C11H14N4S. The van der Waals surface area contributed by atoms with Gasteiger partial charge in [-0.15, -0.1) is 5.10 Å². The minimum atomic E-state index is 0.531. The summed E-state index contributed by atoms with van der Waals surface area (Å²) in [5.41, 5.74) is 2.12. The van der Waals surface area contributed by atoms with Crippen LogP contribution in [0.4, 0.5) is 5.95 Å². The number of thioether (sulfide) groups is 1. The fraction of sp³-hybridized carbons (Fsp3) is 0.455. The lowest BCUT2D eigenvalue weighted by atomic mass is 10.3. The van der Waals surface area contributed by atoms with Gasteiger partial charge in [0.1, 0.15) is 0 Å². The van der Waals surface area contributed by atoms with Crippen molar-refractivity contribution in [3.05, 3.63) is 23.9 Å². The molecule has 0 aromatic carbocycles. The quantitative estimate of drug-likeness (QED) is 0.862. The van der Waals surface area contributed by atoms with Gasteiger partial charge in [-0.3, -0.25) is 0 Å². The highest BCUT2D eigenvalue weighted by Gasteiger charge is 2.16. The molecule has 1 aliphatic rings. The number of nitrogens with zero attached hydrogens (tertiary/aromatic N) is 3. The maximum absolute atomic E-state index is 4.47. The normalized spacial score (nSPS) is 20.4. The van der Waals surface area contributed by atoms with Crippen LogP contribution in [-0.2, 0) is 0 Å². The van der Waals surface area contributed by atoms with Crippen molar-refractivity contribution in [2.24, 2.45) is 0 Å². The van der Waals surface area contributed by atoms with E-state index in [1.807, 2.05) is 34.6 Å². The Bertz CT molecular complexity index is 502. The molecule has 0 saturated carbocycles. The Hall–Kier alpha value is -1.23. The molecule has 1 fully saturated rings. The molecule has 0 radical (unpaired) electrons. The van der Waals surface area contributed by atoms with Crippen molar-refractivity contribution in [3.63, 3.8) is 0 Å². The van der Waals surface area contributed by atoms with E-state index in [1.54, 1.807) is 0 Å². The second-order valence-corrected chi connectivity index (χ2v) is 5.30. The number of aromatic nitrogens is 3. The van der Waals surface area contributed by atoms with Crippen molar-refractivity contribution in [2.75, 3.05) is 16.8 Å². The molecule has 1 atom stereocenters. The van der Waals surface area contributed by atoms with Gasteiger partial charge in [-0.25, -0.2) is 4.52 Å². The van der Waals surface area contributed by atoms with Gasteiger partial charge in [0.25, 0.3) is 0 Å². The third-order valence-electron chi connectivity index (χ3n) is 2.76. The van der Waals surface area contributed by atoms with Gasteiger partial charge in [-0.05, 0) is 36.8 Å². The summed E-state index contributed by atoms with van der Waals surface area (Å²) in [5, 5.41) is 7.79.